The maximum Gasteiger partial charge on any atom is 0.340 e. The predicted octanol–water partition coefficient (Wildman–Crippen LogP) is 0.745. The van der Waals surface area contributed by atoms with Gasteiger partial charge in [-0.05, 0) is 19.8 Å². The van der Waals surface area contributed by atoms with E-state index in [9.17, 15) is 4.79 Å². The normalized spacial score (nSPS) is 27.5. The van der Waals surface area contributed by atoms with Crippen molar-refractivity contribution in [1.29, 1.82) is 0 Å². The highest BCUT2D eigenvalue weighted by Crippen LogP contribution is 2.27. The second-order valence-electron chi connectivity index (χ2n) is 3.10. The molecule has 1 atom stereocenters. The van der Waals surface area contributed by atoms with Crippen molar-refractivity contribution < 1.29 is 19.0 Å². The highest BCUT2D eigenvalue weighted by molar-refractivity contribution is 5.80. The van der Waals surface area contributed by atoms with Crippen LogP contribution in [0.5, 0.6) is 0 Å². The molecule has 76 valence electrons. The maximum absolute atomic E-state index is 11.5. The van der Waals surface area contributed by atoms with Crippen molar-refractivity contribution in [3.8, 4) is 0 Å². The number of rotatable bonds is 4. The molecular formula is C9H16O4. The van der Waals surface area contributed by atoms with E-state index in [2.05, 4.69) is 0 Å². The van der Waals surface area contributed by atoms with Crippen molar-refractivity contribution in [2.45, 2.75) is 25.4 Å². The van der Waals surface area contributed by atoms with Gasteiger partial charge in [0.2, 0.25) is 0 Å². The van der Waals surface area contributed by atoms with Crippen molar-refractivity contribution in [1.82, 2.24) is 0 Å². The second kappa shape index (κ2) is 4.58. The van der Waals surface area contributed by atoms with Gasteiger partial charge in [0.25, 0.3) is 0 Å². The first kappa shape index (κ1) is 10.5. The second-order valence-corrected chi connectivity index (χ2v) is 3.10. The zero-order valence-corrected chi connectivity index (χ0v) is 8.17. The van der Waals surface area contributed by atoms with Crippen molar-refractivity contribution >= 4 is 5.97 Å². The number of methoxy groups -OCH3 is 1. The number of carbonyl (C=O) groups is 1. The molecule has 1 fully saturated rings. The van der Waals surface area contributed by atoms with Crippen molar-refractivity contribution in [3.63, 3.8) is 0 Å². The van der Waals surface area contributed by atoms with Gasteiger partial charge in [-0.3, -0.25) is 0 Å². The van der Waals surface area contributed by atoms with Gasteiger partial charge in [0.05, 0.1) is 13.2 Å². The standard InChI is InChI=1S/C9H16O4/c1-3-12-8(10)9(7-11-2)5-4-6-13-9/h3-7H2,1-2H3/t9-/m1/s1. The van der Waals surface area contributed by atoms with Gasteiger partial charge < -0.3 is 14.2 Å². The number of hydrogen-bond acceptors (Lipinski definition) is 4. The van der Waals surface area contributed by atoms with E-state index in [-0.39, 0.29) is 12.6 Å². The smallest absolute Gasteiger partial charge is 0.340 e. The van der Waals surface area contributed by atoms with Gasteiger partial charge in [-0.2, -0.15) is 0 Å². The minimum Gasteiger partial charge on any atom is -0.464 e. The van der Waals surface area contributed by atoms with Gasteiger partial charge in [-0.15, -0.1) is 0 Å². The molecular weight excluding hydrogens is 172 g/mol. The van der Waals surface area contributed by atoms with Crippen molar-refractivity contribution in [2.24, 2.45) is 0 Å². The van der Waals surface area contributed by atoms with Gasteiger partial charge in [0, 0.05) is 13.7 Å². The molecule has 0 aliphatic carbocycles. The molecule has 0 radical (unpaired) electrons. The first-order valence-electron chi connectivity index (χ1n) is 4.55. The summed E-state index contributed by atoms with van der Waals surface area (Å²) < 4.78 is 15.3. The minimum absolute atomic E-state index is 0.284. The summed E-state index contributed by atoms with van der Waals surface area (Å²) in [6.45, 7) is 3.06. The zero-order chi connectivity index (χ0) is 9.73. The fraction of sp³-hybridized carbons (Fsp3) is 0.889. The van der Waals surface area contributed by atoms with Gasteiger partial charge in [-0.1, -0.05) is 0 Å². The van der Waals surface area contributed by atoms with Gasteiger partial charge in [0.15, 0.2) is 5.60 Å². The Morgan fingerprint density at radius 1 is 1.62 bits per heavy atom. The molecule has 0 aromatic heterocycles. The number of carbonyl (C=O) groups excluding carboxylic acids is 1. The topological polar surface area (TPSA) is 44.8 Å². The molecule has 0 unspecified atom stereocenters. The summed E-state index contributed by atoms with van der Waals surface area (Å²) in [4.78, 5) is 11.5. The Morgan fingerprint density at radius 2 is 2.38 bits per heavy atom. The molecule has 1 saturated heterocycles. The summed E-state index contributed by atoms with van der Waals surface area (Å²) in [5, 5.41) is 0. The molecule has 4 heteroatoms. The first-order valence-corrected chi connectivity index (χ1v) is 4.55. The van der Waals surface area contributed by atoms with E-state index in [0.717, 1.165) is 6.42 Å². The molecule has 0 saturated carbocycles. The van der Waals surface area contributed by atoms with Crippen LogP contribution in [0, 0.1) is 0 Å². The Morgan fingerprint density at radius 3 is 2.85 bits per heavy atom. The highest BCUT2D eigenvalue weighted by atomic mass is 16.6. The third-order valence-electron chi connectivity index (χ3n) is 2.13. The van der Waals surface area contributed by atoms with Gasteiger partial charge >= 0.3 is 5.97 Å². The molecule has 13 heavy (non-hydrogen) atoms. The van der Waals surface area contributed by atoms with Crippen LogP contribution in [0.25, 0.3) is 0 Å². The van der Waals surface area contributed by atoms with Gasteiger partial charge in [-0.25, -0.2) is 4.79 Å². The molecule has 1 rings (SSSR count). The Balaban J connectivity index is 2.60. The lowest BCUT2D eigenvalue weighted by atomic mass is 10.0. The van der Waals surface area contributed by atoms with E-state index in [1.54, 1.807) is 14.0 Å². The Labute approximate surface area is 78.2 Å². The lowest BCUT2D eigenvalue weighted by Crippen LogP contribution is -2.43. The third-order valence-corrected chi connectivity index (χ3v) is 2.13. The van der Waals surface area contributed by atoms with E-state index in [1.165, 1.54) is 0 Å². The van der Waals surface area contributed by atoms with E-state index in [1.807, 2.05) is 0 Å². The third kappa shape index (κ3) is 2.19. The lowest BCUT2D eigenvalue weighted by molar-refractivity contribution is -0.172. The van der Waals surface area contributed by atoms with E-state index in [4.69, 9.17) is 14.2 Å². The van der Waals surface area contributed by atoms with Crippen LogP contribution in [0.15, 0.2) is 0 Å². The predicted molar refractivity (Wildman–Crippen MR) is 46.4 cm³/mol. The molecule has 4 nitrogen and oxygen atoms in total. The fourth-order valence-corrected chi connectivity index (χ4v) is 1.53. The molecule has 1 heterocycles. The minimum atomic E-state index is -0.829. The summed E-state index contributed by atoms with van der Waals surface area (Å²) in [5.41, 5.74) is -0.829. The summed E-state index contributed by atoms with van der Waals surface area (Å²) >= 11 is 0. The Bertz CT molecular complexity index is 172. The molecule has 0 spiro atoms. The quantitative estimate of drug-likeness (QED) is 0.610. The molecule has 0 N–H and O–H groups in total. The number of esters is 1. The molecule has 0 bridgehead atoms. The monoisotopic (exact) mass is 188 g/mol. The Kier molecular flexibility index (Phi) is 3.69. The van der Waals surface area contributed by atoms with E-state index < -0.39 is 5.60 Å². The van der Waals surface area contributed by atoms with Crippen LogP contribution in [0.3, 0.4) is 0 Å². The van der Waals surface area contributed by atoms with Crippen LogP contribution < -0.4 is 0 Å². The van der Waals surface area contributed by atoms with Crippen LogP contribution in [0.2, 0.25) is 0 Å². The highest BCUT2D eigenvalue weighted by Gasteiger charge is 2.44. The van der Waals surface area contributed by atoms with Crippen molar-refractivity contribution in [3.05, 3.63) is 0 Å². The molecule has 1 aliphatic heterocycles. The SMILES string of the molecule is CCOC(=O)[C@]1(COC)CCCO1. The molecule has 0 aromatic carbocycles. The van der Waals surface area contributed by atoms with Gasteiger partial charge in [0.1, 0.15) is 0 Å². The van der Waals surface area contributed by atoms with E-state index in [0.29, 0.717) is 19.6 Å². The van der Waals surface area contributed by atoms with Crippen LogP contribution in [-0.2, 0) is 19.0 Å². The molecule has 0 amide bonds. The number of ether oxygens (including phenoxy) is 3. The number of hydrogen-bond donors (Lipinski definition) is 0. The van der Waals surface area contributed by atoms with Crippen molar-refractivity contribution in [2.75, 3.05) is 26.9 Å². The molecule has 1 aliphatic rings. The van der Waals surface area contributed by atoms with Crippen LogP contribution >= 0.6 is 0 Å². The summed E-state index contributed by atoms with van der Waals surface area (Å²) in [6.07, 6.45) is 1.59. The average molecular weight is 188 g/mol. The van der Waals surface area contributed by atoms with Crippen LogP contribution in [0.4, 0.5) is 0 Å². The average Bonchev–Trinajstić information content (AvgIpc) is 2.55. The lowest BCUT2D eigenvalue weighted by Gasteiger charge is -2.24. The first-order chi connectivity index (χ1) is 6.25. The zero-order valence-electron chi connectivity index (χ0n) is 8.17. The fourth-order valence-electron chi connectivity index (χ4n) is 1.53. The molecule has 0 aromatic rings. The summed E-state index contributed by atoms with van der Waals surface area (Å²) in [6, 6.07) is 0. The van der Waals surface area contributed by atoms with Crippen LogP contribution in [-0.4, -0.2) is 38.5 Å². The summed E-state index contributed by atoms with van der Waals surface area (Å²) in [5.74, 6) is -0.297. The van der Waals surface area contributed by atoms with Crippen LogP contribution in [0.1, 0.15) is 19.8 Å². The maximum atomic E-state index is 11.5. The summed E-state index contributed by atoms with van der Waals surface area (Å²) in [7, 11) is 1.56. The van der Waals surface area contributed by atoms with E-state index >= 15 is 0 Å². The Hall–Kier alpha value is -0.610. The largest absolute Gasteiger partial charge is 0.464 e.